The number of anilines is 1. The lowest BCUT2D eigenvalue weighted by atomic mass is 10.1. The largest absolute Gasteiger partial charge is 0.353 e. The van der Waals surface area contributed by atoms with Gasteiger partial charge in [0, 0.05) is 35.4 Å². The predicted molar refractivity (Wildman–Crippen MR) is 129 cm³/mol. The van der Waals surface area contributed by atoms with E-state index < -0.39 is 0 Å². The van der Waals surface area contributed by atoms with E-state index in [9.17, 15) is 0 Å². The van der Waals surface area contributed by atoms with Gasteiger partial charge in [0.2, 0.25) is 5.95 Å². The third kappa shape index (κ3) is 4.73. The molecule has 1 unspecified atom stereocenters. The quantitative estimate of drug-likeness (QED) is 0.396. The number of hydrogen-bond donors (Lipinski definition) is 1. The van der Waals surface area contributed by atoms with Crippen molar-refractivity contribution >= 4 is 28.6 Å². The molecule has 0 aliphatic heterocycles. The van der Waals surface area contributed by atoms with Crippen LogP contribution in [0.25, 0.3) is 22.2 Å². The molecule has 31 heavy (non-hydrogen) atoms. The lowest BCUT2D eigenvalue weighted by Gasteiger charge is -2.17. The van der Waals surface area contributed by atoms with Gasteiger partial charge in [-0.25, -0.2) is 9.97 Å². The van der Waals surface area contributed by atoms with Crippen molar-refractivity contribution in [3.05, 3.63) is 77.1 Å². The zero-order valence-electron chi connectivity index (χ0n) is 18.1. The second-order valence-corrected chi connectivity index (χ2v) is 8.50. The maximum absolute atomic E-state index is 5.96. The zero-order valence-corrected chi connectivity index (χ0v) is 18.9. The molecule has 0 amide bonds. The molecule has 4 aromatic rings. The topological polar surface area (TPSA) is 42.7 Å². The fourth-order valence-electron chi connectivity index (χ4n) is 3.19. The number of nitrogens with zero attached hydrogens (tertiary/aromatic N) is 3. The average molecular weight is 429 g/mol. The Labute approximate surface area is 188 Å². The molecule has 1 atom stereocenters. The summed E-state index contributed by atoms with van der Waals surface area (Å²) in [6.45, 7) is 6.57. The van der Waals surface area contributed by atoms with Gasteiger partial charge in [-0.05, 0) is 60.7 Å². The van der Waals surface area contributed by atoms with Crippen molar-refractivity contribution in [2.75, 3.05) is 5.32 Å². The van der Waals surface area contributed by atoms with Crippen LogP contribution in [0.1, 0.15) is 32.0 Å². The number of rotatable bonds is 4. The van der Waals surface area contributed by atoms with E-state index in [2.05, 4.69) is 53.5 Å². The molecule has 0 bridgehead atoms. The summed E-state index contributed by atoms with van der Waals surface area (Å²) >= 11 is 5.96. The summed E-state index contributed by atoms with van der Waals surface area (Å²) in [6.07, 6.45) is 1.84. The number of pyridine rings is 1. The molecule has 0 aliphatic rings. The summed E-state index contributed by atoms with van der Waals surface area (Å²) in [5, 5.41) is 4.22. The highest BCUT2D eigenvalue weighted by Crippen LogP contribution is 2.22. The van der Waals surface area contributed by atoms with Crippen LogP contribution < -0.4 is 5.32 Å². The smallest absolute Gasteiger partial charge is 0.203 e. The van der Waals surface area contributed by atoms with E-state index in [0.717, 1.165) is 44.4 Å². The van der Waals surface area contributed by atoms with E-state index in [1.54, 1.807) is 0 Å². The summed E-state index contributed by atoms with van der Waals surface area (Å²) in [7, 11) is 2.03. The van der Waals surface area contributed by atoms with Crippen molar-refractivity contribution in [2.24, 2.45) is 13.0 Å². The summed E-state index contributed by atoms with van der Waals surface area (Å²) in [5.74, 6) is 7.76. The highest BCUT2D eigenvalue weighted by atomic mass is 35.5. The average Bonchev–Trinajstić information content (AvgIpc) is 3.07. The van der Waals surface area contributed by atoms with Gasteiger partial charge in [-0.2, -0.15) is 0 Å². The standard InChI is InChI=1S/C26H25ClN4/c1-17(2)18(3)29-26-30-24-15-19(6-14-25(24)31(26)4)5-12-23-13-9-21(16-28-23)20-7-10-22(27)11-8-20/h6-11,13-18H,1-4H3,(H,29,30). The van der Waals surface area contributed by atoms with Crippen LogP contribution in [0.3, 0.4) is 0 Å². The van der Waals surface area contributed by atoms with Gasteiger partial charge in [0.25, 0.3) is 0 Å². The van der Waals surface area contributed by atoms with Crippen molar-refractivity contribution in [2.45, 2.75) is 26.8 Å². The number of aromatic nitrogens is 3. The highest BCUT2D eigenvalue weighted by Gasteiger charge is 2.12. The van der Waals surface area contributed by atoms with Crippen molar-refractivity contribution in [3.8, 4) is 23.0 Å². The molecule has 0 spiro atoms. The predicted octanol–water partition coefficient (Wildman–Crippen LogP) is 6.14. The Morgan fingerprint density at radius 2 is 1.68 bits per heavy atom. The monoisotopic (exact) mass is 428 g/mol. The van der Waals surface area contributed by atoms with E-state index in [1.807, 2.05) is 61.8 Å². The molecular weight excluding hydrogens is 404 g/mol. The normalized spacial score (nSPS) is 11.9. The first-order valence-electron chi connectivity index (χ1n) is 10.4. The SMILES string of the molecule is CC(C)C(C)Nc1nc2cc(C#Cc3ccc(-c4ccc(Cl)cc4)cn3)ccc2n1C. The van der Waals surface area contributed by atoms with Gasteiger partial charge in [-0.1, -0.05) is 49.6 Å². The zero-order chi connectivity index (χ0) is 22.0. The van der Waals surface area contributed by atoms with E-state index in [0.29, 0.717) is 12.0 Å². The van der Waals surface area contributed by atoms with Gasteiger partial charge in [0.05, 0.1) is 11.0 Å². The summed E-state index contributed by atoms with van der Waals surface area (Å²) in [4.78, 5) is 9.25. The van der Waals surface area contributed by atoms with Gasteiger partial charge >= 0.3 is 0 Å². The maximum Gasteiger partial charge on any atom is 0.203 e. The van der Waals surface area contributed by atoms with Gasteiger partial charge in [-0.15, -0.1) is 0 Å². The van der Waals surface area contributed by atoms with Crippen LogP contribution in [-0.2, 0) is 7.05 Å². The first-order valence-corrected chi connectivity index (χ1v) is 10.8. The molecule has 0 fully saturated rings. The molecule has 4 rings (SSSR count). The molecule has 0 saturated heterocycles. The van der Waals surface area contributed by atoms with Gasteiger partial charge in [-0.3, -0.25) is 0 Å². The van der Waals surface area contributed by atoms with Crippen molar-refractivity contribution in [1.82, 2.24) is 14.5 Å². The second kappa shape index (κ2) is 8.83. The van der Waals surface area contributed by atoms with E-state index in [1.165, 1.54) is 0 Å². The van der Waals surface area contributed by atoms with Crippen molar-refractivity contribution in [1.29, 1.82) is 0 Å². The number of fused-ring (bicyclic) bond motifs is 1. The number of aryl methyl sites for hydroxylation is 1. The molecule has 0 aliphatic carbocycles. The molecule has 4 nitrogen and oxygen atoms in total. The molecule has 2 heterocycles. The Morgan fingerprint density at radius 3 is 2.35 bits per heavy atom. The van der Waals surface area contributed by atoms with Crippen LogP contribution >= 0.6 is 11.6 Å². The molecule has 2 aromatic carbocycles. The van der Waals surface area contributed by atoms with E-state index in [-0.39, 0.29) is 0 Å². The summed E-state index contributed by atoms with van der Waals surface area (Å²) in [5.41, 5.74) is 5.76. The molecule has 156 valence electrons. The van der Waals surface area contributed by atoms with E-state index in [4.69, 9.17) is 16.6 Å². The summed E-state index contributed by atoms with van der Waals surface area (Å²) < 4.78 is 2.09. The first kappa shape index (κ1) is 21.0. The van der Waals surface area contributed by atoms with Crippen LogP contribution in [0.2, 0.25) is 5.02 Å². The minimum atomic E-state index is 0.344. The minimum Gasteiger partial charge on any atom is -0.353 e. The van der Waals surface area contributed by atoms with E-state index >= 15 is 0 Å². The molecule has 0 radical (unpaired) electrons. The Balaban J connectivity index is 1.54. The van der Waals surface area contributed by atoms with Crippen molar-refractivity contribution in [3.63, 3.8) is 0 Å². The number of hydrogen-bond acceptors (Lipinski definition) is 3. The second-order valence-electron chi connectivity index (χ2n) is 8.06. The van der Waals surface area contributed by atoms with Crippen LogP contribution in [0, 0.1) is 17.8 Å². The molecular formula is C26H25ClN4. The number of nitrogens with one attached hydrogen (secondary N) is 1. The van der Waals surface area contributed by atoms with Crippen LogP contribution in [-0.4, -0.2) is 20.6 Å². The van der Waals surface area contributed by atoms with Gasteiger partial charge < -0.3 is 9.88 Å². The lowest BCUT2D eigenvalue weighted by Crippen LogP contribution is -2.23. The Kier molecular flexibility index (Phi) is 5.97. The van der Waals surface area contributed by atoms with Gasteiger partial charge in [0.15, 0.2) is 0 Å². The third-order valence-electron chi connectivity index (χ3n) is 5.51. The Hall–Kier alpha value is -3.29. The first-order chi connectivity index (χ1) is 14.9. The number of halogens is 1. The third-order valence-corrected chi connectivity index (χ3v) is 5.77. The fourth-order valence-corrected chi connectivity index (χ4v) is 3.32. The fraction of sp³-hybridized carbons (Fsp3) is 0.231. The molecule has 0 saturated carbocycles. The number of imidazole rings is 1. The lowest BCUT2D eigenvalue weighted by molar-refractivity contribution is 0.554. The Morgan fingerprint density at radius 1 is 0.935 bits per heavy atom. The molecule has 1 N–H and O–H groups in total. The highest BCUT2D eigenvalue weighted by molar-refractivity contribution is 6.30. The minimum absolute atomic E-state index is 0.344. The van der Waals surface area contributed by atoms with Crippen LogP contribution in [0.5, 0.6) is 0 Å². The number of benzene rings is 2. The van der Waals surface area contributed by atoms with Gasteiger partial charge in [0.1, 0.15) is 5.69 Å². The molecule has 2 aromatic heterocycles. The molecule has 5 heteroatoms. The maximum atomic E-state index is 5.96. The Bertz CT molecular complexity index is 1260. The summed E-state index contributed by atoms with van der Waals surface area (Å²) in [6, 6.07) is 18.1. The van der Waals surface area contributed by atoms with Crippen LogP contribution in [0.15, 0.2) is 60.8 Å². The van der Waals surface area contributed by atoms with Crippen molar-refractivity contribution < 1.29 is 0 Å². The van der Waals surface area contributed by atoms with Crippen LogP contribution in [0.4, 0.5) is 5.95 Å².